The summed E-state index contributed by atoms with van der Waals surface area (Å²) in [7, 11) is -2.93. The van der Waals surface area contributed by atoms with Crippen LogP contribution in [-0.4, -0.2) is 62.8 Å². The summed E-state index contributed by atoms with van der Waals surface area (Å²) in [6, 6.07) is -0.535. The first-order chi connectivity index (χ1) is 8.89. The van der Waals surface area contributed by atoms with Gasteiger partial charge in [-0.25, -0.2) is 18.0 Å². The Labute approximate surface area is 111 Å². The van der Waals surface area contributed by atoms with Crippen LogP contribution >= 0.6 is 0 Å². The molecule has 1 heterocycles. The standard InChI is InChI=1S/C10H18N2O6S/c13-9(14)7-18-4-3-11-10(15)12-8-1-5-19(16,17)6-2-8/h8H,1-7H2,(H,13,14)(H2,11,12,15). The van der Waals surface area contributed by atoms with Crippen LogP contribution in [0.4, 0.5) is 4.79 Å². The summed E-state index contributed by atoms with van der Waals surface area (Å²) in [5, 5.41) is 13.5. The fraction of sp³-hybridized carbons (Fsp3) is 0.800. The molecule has 1 fully saturated rings. The number of carbonyl (C=O) groups is 2. The number of carboxylic acids is 1. The van der Waals surface area contributed by atoms with E-state index in [1.54, 1.807) is 0 Å². The van der Waals surface area contributed by atoms with Gasteiger partial charge in [0.05, 0.1) is 18.1 Å². The second-order valence-corrected chi connectivity index (χ2v) is 6.58. The molecule has 0 aromatic carbocycles. The highest BCUT2D eigenvalue weighted by atomic mass is 32.2. The van der Waals surface area contributed by atoms with Crippen LogP contribution in [0, 0.1) is 0 Å². The molecular weight excluding hydrogens is 276 g/mol. The van der Waals surface area contributed by atoms with Crippen molar-refractivity contribution in [3.05, 3.63) is 0 Å². The van der Waals surface area contributed by atoms with Gasteiger partial charge in [0, 0.05) is 12.6 Å². The van der Waals surface area contributed by atoms with E-state index >= 15 is 0 Å². The van der Waals surface area contributed by atoms with Gasteiger partial charge in [0.1, 0.15) is 16.4 Å². The first-order valence-electron chi connectivity index (χ1n) is 5.93. The van der Waals surface area contributed by atoms with Gasteiger partial charge in [-0.05, 0) is 12.8 Å². The van der Waals surface area contributed by atoms with Crippen molar-refractivity contribution in [3.8, 4) is 0 Å². The fourth-order valence-electron chi connectivity index (χ4n) is 1.67. The molecular formula is C10H18N2O6S. The molecule has 0 aliphatic carbocycles. The van der Waals surface area contributed by atoms with Gasteiger partial charge in [-0.1, -0.05) is 0 Å². The minimum atomic E-state index is -2.93. The molecule has 9 heteroatoms. The molecule has 3 N–H and O–H groups in total. The first-order valence-corrected chi connectivity index (χ1v) is 7.75. The number of amides is 2. The largest absolute Gasteiger partial charge is 0.480 e. The van der Waals surface area contributed by atoms with Gasteiger partial charge < -0.3 is 20.5 Å². The summed E-state index contributed by atoms with van der Waals surface area (Å²) in [5.74, 6) is -0.868. The lowest BCUT2D eigenvalue weighted by atomic mass is 10.2. The molecule has 0 radical (unpaired) electrons. The molecule has 0 bridgehead atoms. The van der Waals surface area contributed by atoms with Crippen LogP contribution in [-0.2, 0) is 19.4 Å². The fourth-order valence-corrected chi connectivity index (χ4v) is 3.16. The lowest BCUT2D eigenvalue weighted by Crippen LogP contribution is -2.46. The molecule has 2 amide bonds. The van der Waals surface area contributed by atoms with Gasteiger partial charge in [-0.2, -0.15) is 0 Å². The molecule has 0 saturated carbocycles. The summed E-state index contributed by atoms with van der Waals surface area (Å²) >= 11 is 0. The number of hydrogen-bond donors (Lipinski definition) is 3. The van der Waals surface area contributed by atoms with Crippen LogP contribution in [0.15, 0.2) is 0 Å². The van der Waals surface area contributed by atoms with Crippen molar-refractivity contribution >= 4 is 21.8 Å². The summed E-state index contributed by atoms with van der Waals surface area (Å²) in [6.07, 6.45) is 0.844. The van der Waals surface area contributed by atoms with E-state index in [9.17, 15) is 18.0 Å². The lowest BCUT2D eigenvalue weighted by Gasteiger charge is -2.23. The highest BCUT2D eigenvalue weighted by Crippen LogP contribution is 2.11. The molecule has 110 valence electrons. The van der Waals surface area contributed by atoms with Gasteiger partial charge in [0.15, 0.2) is 0 Å². The zero-order valence-electron chi connectivity index (χ0n) is 10.4. The Kier molecular flexibility index (Phi) is 6.03. The second kappa shape index (κ2) is 7.29. The Hall–Kier alpha value is -1.35. The Morgan fingerprint density at radius 2 is 1.89 bits per heavy atom. The average Bonchev–Trinajstić information content (AvgIpc) is 2.31. The van der Waals surface area contributed by atoms with Crippen molar-refractivity contribution < 1.29 is 27.9 Å². The summed E-state index contributed by atoms with van der Waals surface area (Å²) in [4.78, 5) is 21.6. The number of sulfone groups is 1. The Bertz CT molecular complexity index is 408. The van der Waals surface area contributed by atoms with E-state index in [-0.39, 0.29) is 30.7 Å². The van der Waals surface area contributed by atoms with Crippen molar-refractivity contribution in [1.29, 1.82) is 0 Å². The highest BCUT2D eigenvalue weighted by Gasteiger charge is 2.24. The molecule has 1 aliphatic heterocycles. The van der Waals surface area contributed by atoms with E-state index in [1.807, 2.05) is 0 Å². The third-order valence-corrected chi connectivity index (χ3v) is 4.36. The van der Waals surface area contributed by atoms with Crippen molar-refractivity contribution in [1.82, 2.24) is 10.6 Å². The average molecular weight is 294 g/mol. The monoisotopic (exact) mass is 294 g/mol. The molecule has 0 aromatic heterocycles. The predicted octanol–water partition coefficient (Wildman–Crippen LogP) is -1.04. The number of urea groups is 1. The molecule has 0 atom stereocenters. The van der Waals surface area contributed by atoms with Crippen molar-refractivity contribution in [2.75, 3.05) is 31.3 Å². The number of ether oxygens (including phenoxy) is 1. The quantitative estimate of drug-likeness (QED) is 0.538. The molecule has 0 unspecified atom stereocenters. The van der Waals surface area contributed by atoms with Gasteiger partial charge in [0.25, 0.3) is 0 Å². The Balaban J connectivity index is 2.10. The SMILES string of the molecule is O=C(O)COCCNC(=O)NC1CCS(=O)(=O)CC1. The molecule has 8 nitrogen and oxygen atoms in total. The van der Waals surface area contributed by atoms with Gasteiger partial charge in [-0.3, -0.25) is 0 Å². The van der Waals surface area contributed by atoms with Crippen LogP contribution < -0.4 is 10.6 Å². The van der Waals surface area contributed by atoms with Gasteiger partial charge in [-0.15, -0.1) is 0 Å². The predicted molar refractivity (Wildman–Crippen MR) is 66.7 cm³/mol. The maximum absolute atomic E-state index is 11.4. The zero-order chi connectivity index (χ0) is 14.3. The van der Waals surface area contributed by atoms with Crippen LogP contribution in [0.1, 0.15) is 12.8 Å². The third-order valence-electron chi connectivity index (χ3n) is 2.65. The Morgan fingerprint density at radius 1 is 1.26 bits per heavy atom. The zero-order valence-corrected chi connectivity index (χ0v) is 11.2. The van der Waals surface area contributed by atoms with Crippen LogP contribution in [0.3, 0.4) is 0 Å². The minimum Gasteiger partial charge on any atom is -0.480 e. The van der Waals surface area contributed by atoms with Crippen LogP contribution in [0.25, 0.3) is 0 Å². The van der Waals surface area contributed by atoms with E-state index in [0.717, 1.165) is 0 Å². The maximum atomic E-state index is 11.4. The topological polar surface area (TPSA) is 122 Å². The van der Waals surface area contributed by atoms with Crippen molar-refractivity contribution in [2.45, 2.75) is 18.9 Å². The molecule has 1 aliphatic rings. The number of carbonyl (C=O) groups excluding carboxylic acids is 1. The molecule has 1 saturated heterocycles. The van der Waals surface area contributed by atoms with Crippen LogP contribution in [0.2, 0.25) is 0 Å². The third kappa shape index (κ3) is 6.97. The maximum Gasteiger partial charge on any atom is 0.329 e. The van der Waals surface area contributed by atoms with E-state index in [4.69, 9.17) is 9.84 Å². The number of aliphatic carboxylic acids is 1. The van der Waals surface area contributed by atoms with Gasteiger partial charge in [0.2, 0.25) is 0 Å². The van der Waals surface area contributed by atoms with Crippen LogP contribution in [0.5, 0.6) is 0 Å². The highest BCUT2D eigenvalue weighted by molar-refractivity contribution is 7.91. The molecule has 1 rings (SSSR count). The summed E-state index contributed by atoms with van der Waals surface area (Å²) in [5.41, 5.74) is 0. The number of hydrogen-bond acceptors (Lipinski definition) is 5. The molecule has 0 aromatic rings. The van der Waals surface area contributed by atoms with Gasteiger partial charge >= 0.3 is 12.0 Å². The smallest absolute Gasteiger partial charge is 0.329 e. The molecule has 0 spiro atoms. The summed E-state index contributed by atoms with van der Waals surface area (Å²) < 4.78 is 27.1. The lowest BCUT2D eigenvalue weighted by molar-refractivity contribution is -0.142. The van der Waals surface area contributed by atoms with E-state index < -0.39 is 28.4 Å². The number of rotatable bonds is 6. The van der Waals surface area contributed by atoms with E-state index in [1.165, 1.54) is 0 Å². The second-order valence-electron chi connectivity index (χ2n) is 4.27. The first kappa shape index (κ1) is 15.7. The Morgan fingerprint density at radius 3 is 2.47 bits per heavy atom. The van der Waals surface area contributed by atoms with E-state index in [2.05, 4.69) is 10.6 Å². The molecule has 19 heavy (non-hydrogen) atoms. The number of carboxylic acid groups (broad SMARTS) is 1. The van der Waals surface area contributed by atoms with E-state index in [0.29, 0.717) is 12.8 Å². The normalized spacial score (nSPS) is 18.7. The number of nitrogens with one attached hydrogen (secondary N) is 2. The van der Waals surface area contributed by atoms with Crippen molar-refractivity contribution in [2.24, 2.45) is 0 Å². The summed E-state index contributed by atoms with van der Waals surface area (Å²) in [6.45, 7) is -0.0906. The van der Waals surface area contributed by atoms with Crippen molar-refractivity contribution in [3.63, 3.8) is 0 Å². The minimum absolute atomic E-state index is 0.0969.